The minimum absolute atomic E-state index is 0.350. The van der Waals surface area contributed by atoms with Crippen molar-refractivity contribution in [1.29, 1.82) is 0 Å². The molecular weight excluding hydrogens is 394 g/mol. The fourth-order valence-corrected chi connectivity index (χ4v) is 3.75. The van der Waals surface area contributed by atoms with E-state index in [2.05, 4.69) is 5.32 Å². The van der Waals surface area contributed by atoms with Crippen LogP contribution in [0.4, 0.5) is 0 Å². The van der Waals surface area contributed by atoms with Gasteiger partial charge in [0.1, 0.15) is 12.1 Å². The van der Waals surface area contributed by atoms with Gasteiger partial charge in [0.25, 0.3) is 0 Å². The van der Waals surface area contributed by atoms with Crippen LogP contribution < -0.4 is 5.32 Å². The number of rotatable bonds is 4. The summed E-state index contributed by atoms with van der Waals surface area (Å²) >= 11 is 0. The number of fused-ring (bicyclic) bond motifs is 1. The molecule has 1 unspecified atom stereocenters. The van der Waals surface area contributed by atoms with Crippen molar-refractivity contribution in [2.45, 2.75) is 45.6 Å². The summed E-state index contributed by atoms with van der Waals surface area (Å²) in [7, 11) is 0. The topological polar surface area (TPSA) is 89.5 Å². The highest BCUT2D eigenvalue weighted by molar-refractivity contribution is 6.29. The van der Waals surface area contributed by atoms with Crippen molar-refractivity contribution in [1.82, 2.24) is 5.32 Å². The molecule has 0 spiro atoms. The van der Waals surface area contributed by atoms with Gasteiger partial charge in [-0.3, -0.25) is 19.2 Å². The van der Waals surface area contributed by atoms with Crippen LogP contribution in [0.3, 0.4) is 0 Å². The van der Waals surface area contributed by atoms with Crippen LogP contribution >= 0.6 is 0 Å². The zero-order valence-electron chi connectivity index (χ0n) is 18.4. The van der Waals surface area contributed by atoms with Gasteiger partial charge < -0.3 is 10.1 Å². The largest absolute Gasteiger partial charge is 0.459 e. The summed E-state index contributed by atoms with van der Waals surface area (Å²) in [6, 6.07) is 14.9. The number of hydrogen-bond acceptors (Lipinski definition) is 5. The van der Waals surface area contributed by atoms with Gasteiger partial charge in [-0.15, -0.1) is 0 Å². The minimum atomic E-state index is -1.50. The van der Waals surface area contributed by atoms with Crippen LogP contribution in [0.25, 0.3) is 11.1 Å². The number of ether oxygens (including phenoxy) is 1. The van der Waals surface area contributed by atoms with Gasteiger partial charge in [-0.25, -0.2) is 0 Å². The molecule has 0 fully saturated rings. The molecule has 2 aromatic carbocycles. The highest BCUT2D eigenvalue weighted by Gasteiger charge is 2.49. The molecule has 31 heavy (non-hydrogen) atoms. The molecular formula is C25H27NO5. The van der Waals surface area contributed by atoms with Gasteiger partial charge in [0.2, 0.25) is 5.91 Å². The normalized spacial score (nSPS) is 17.6. The summed E-state index contributed by atoms with van der Waals surface area (Å²) in [6.45, 7) is 8.14. The lowest BCUT2D eigenvalue weighted by molar-refractivity contribution is -0.155. The van der Waals surface area contributed by atoms with Crippen LogP contribution in [-0.4, -0.2) is 35.6 Å². The van der Waals surface area contributed by atoms with Crippen molar-refractivity contribution in [2.75, 3.05) is 6.54 Å². The number of esters is 1. The Kier molecular flexibility index (Phi) is 5.85. The fraction of sp³-hybridized carbons (Fsp3) is 0.360. The molecule has 1 atom stereocenters. The Morgan fingerprint density at radius 2 is 1.65 bits per heavy atom. The minimum Gasteiger partial charge on any atom is -0.459 e. The quantitative estimate of drug-likeness (QED) is 0.603. The summed E-state index contributed by atoms with van der Waals surface area (Å²) < 4.78 is 5.17. The van der Waals surface area contributed by atoms with Crippen molar-refractivity contribution in [2.24, 2.45) is 5.92 Å². The van der Waals surface area contributed by atoms with Gasteiger partial charge in [-0.05, 0) is 57.4 Å². The third kappa shape index (κ3) is 4.58. The van der Waals surface area contributed by atoms with E-state index >= 15 is 0 Å². The van der Waals surface area contributed by atoms with Gasteiger partial charge in [0.05, 0.1) is 5.41 Å². The summed E-state index contributed by atoms with van der Waals surface area (Å²) in [5.74, 6) is -3.97. The molecule has 2 aromatic rings. The van der Waals surface area contributed by atoms with E-state index in [0.717, 1.165) is 11.1 Å². The predicted molar refractivity (Wildman–Crippen MR) is 117 cm³/mol. The first-order chi connectivity index (χ1) is 14.4. The zero-order valence-corrected chi connectivity index (χ0v) is 18.4. The van der Waals surface area contributed by atoms with Crippen molar-refractivity contribution in [3.05, 3.63) is 59.7 Å². The fourth-order valence-electron chi connectivity index (χ4n) is 3.75. The van der Waals surface area contributed by atoms with E-state index in [0.29, 0.717) is 11.1 Å². The standard InChI is InChI=1S/C25H27NO5/c1-24(2,3)31-19(27)14-26-23(30)20-21(28)17-13-16(15-9-7-6-8-10-15)11-12-18(17)25(4,5)22(20)29/h6-13,20H,14H2,1-5H3,(H,26,30). The van der Waals surface area contributed by atoms with Crippen molar-refractivity contribution in [3.8, 4) is 11.1 Å². The number of amides is 1. The molecule has 0 bridgehead atoms. The lowest BCUT2D eigenvalue weighted by Gasteiger charge is -2.34. The summed E-state index contributed by atoms with van der Waals surface area (Å²) in [6.07, 6.45) is 0. The van der Waals surface area contributed by atoms with E-state index in [4.69, 9.17) is 4.74 Å². The number of Topliss-reactive ketones (excluding diaryl/α,β-unsaturated/α-hetero) is 2. The number of carbonyl (C=O) groups is 4. The highest BCUT2D eigenvalue weighted by atomic mass is 16.6. The third-order valence-electron chi connectivity index (χ3n) is 5.30. The van der Waals surface area contributed by atoms with E-state index < -0.39 is 46.9 Å². The molecule has 0 radical (unpaired) electrons. The smallest absolute Gasteiger partial charge is 0.325 e. The Hall–Kier alpha value is -3.28. The van der Waals surface area contributed by atoms with E-state index in [1.807, 2.05) is 36.4 Å². The molecule has 1 amide bonds. The molecule has 1 aliphatic rings. The molecule has 3 rings (SSSR count). The Morgan fingerprint density at radius 1 is 1.00 bits per heavy atom. The SMILES string of the molecule is CC(C)(C)OC(=O)CNC(=O)C1C(=O)c2cc(-c3ccccc3)ccc2C(C)(C)C1=O. The molecule has 1 N–H and O–H groups in total. The van der Waals surface area contributed by atoms with Crippen molar-refractivity contribution >= 4 is 23.4 Å². The van der Waals surface area contributed by atoms with E-state index in [-0.39, 0.29) is 0 Å². The average Bonchev–Trinajstić information content (AvgIpc) is 2.70. The van der Waals surface area contributed by atoms with Crippen LogP contribution in [0.15, 0.2) is 48.5 Å². The monoisotopic (exact) mass is 421 g/mol. The molecule has 0 aliphatic heterocycles. The molecule has 0 saturated carbocycles. The Morgan fingerprint density at radius 3 is 2.26 bits per heavy atom. The number of ketones is 2. The van der Waals surface area contributed by atoms with Crippen molar-refractivity contribution in [3.63, 3.8) is 0 Å². The number of nitrogens with one attached hydrogen (secondary N) is 1. The Labute approximate surface area is 182 Å². The van der Waals surface area contributed by atoms with Crippen LogP contribution in [0.1, 0.15) is 50.5 Å². The maximum absolute atomic E-state index is 13.2. The zero-order chi connectivity index (χ0) is 23.0. The molecule has 6 heteroatoms. The lowest BCUT2D eigenvalue weighted by Crippen LogP contribution is -2.51. The first kappa shape index (κ1) is 22.4. The number of hydrogen-bond donors (Lipinski definition) is 1. The highest BCUT2D eigenvalue weighted by Crippen LogP contribution is 2.38. The molecule has 1 aliphatic carbocycles. The molecule has 6 nitrogen and oxygen atoms in total. The van der Waals surface area contributed by atoms with E-state index in [1.165, 1.54) is 0 Å². The van der Waals surface area contributed by atoms with Gasteiger partial charge in [-0.1, -0.05) is 42.5 Å². The first-order valence-electron chi connectivity index (χ1n) is 10.2. The van der Waals surface area contributed by atoms with Gasteiger partial charge >= 0.3 is 5.97 Å². The van der Waals surface area contributed by atoms with E-state index in [1.54, 1.807) is 46.8 Å². The lowest BCUT2D eigenvalue weighted by atomic mass is 9.66. The summed E-state index contributed by atoms with van der Waals surface area (Å²) in [4.78, 5) is 51.0. The van der Waals surface area contributed by atoms with Gasteiger partial charge in [-0.2, -0.15) is 0 Å². The predicted octanol–water partition coefficient (Wildman–Crippen LogP) is 3.47. The number of carbonyl (C=O) groups excluding carboxylic acids is 4. The summed E-state index contributed by atoms with van der Waals surface area (Å²) in [5.41, 5.74) is 0.977. The Balaban J connectivity index is 1.90. The van der Waals surface area contributed by atoms with Crippen LogP contribution in [0.2, 0.25) is 0 Å². The average molecular weight is 421 g/mol. The second-order valence-corrected chi connectivity index (χ2v) is 9.22. The maximum atomic E-state index is 13.2. The first-order valence-corrected chi connectivity index (χ1v) is 10.2. The number of benzene rings is 2. The van der Waals surface area contributed by atoms with Gasteiger partial charge in [0, 0.05) is 5.56 Å². The Bertz CT molecular complexity index is 1050. The van der Waals surface area contributed by atoms with Crippen LogP contribution in [0.5, 0.6) is 0 Å². The molecule has 0 aromatic heterocycles. The second kappa shape index (κ2) is 8.10. The van der Waals surface area contributed by atoms with Crippen LogP contribution in [-0.2, 0) is 24.5 Å². The second-order valence-electron chi connectivity index (χ2n) is 9.22. The van der Waals surface area contributed by atoms with Crippen LogP contribution in [0, 0.1) is 5.92 Å². The molecule has 162 valence electrons. The molecule has 0 heterocycles. The summed E-state index contributed by atoms with van der Waals surface area (Å²) in [5, 5.41) is 2.40. The van der Waals surface area contributed by atoms with Crippen molar-refractivity contribution < 1.29 is 23.9 Å². The van der Waals surface area contributed by atoms with E-state index in [9.17, 15) is 19.2 Å². The van der Waals surface area contributed by atoms with Gasteiger partial charge in [0.15, 0.2) is 17.5 Å². The maximum Gasteiger partial charge on any atom is 0.325 e. The third-order valence-corrected chi connectivity index (χ3v) is 5.30. The molecule has 0 saturated heterocycles.